The molecule has 1 aromatic carbocycles. The Kier molecular flexibility index (Phi) is 3.51. The van der Waals surface area contributed by atoms with E-state index in [0.29, 0.717) is 6.42 Å². The molecule has 0 saturated carbocycles. The molecule has 0 aliphatic carbocycles. The fraction of sp³-hybridized carbons (Fsp3) is 0.462. The molecule has 1 saturated heterocycles. The Bertz CT molecular complexity index is 308. The van der Waals surface area contributed by atoms with E-state index in [9.17, 15) is 4.79 Å². The summed E-state index contributed by atoms with van der Waals surface area (Å²) in [5.41, 5.74) is 1.23. The lowest BCUT2D eigenvalue weighted by molar-refractivity contribution is -0.114. The van der Waals surface area contributed by atoms with Crippen molar-refractivity contribution in [3.05, 3.63) is 35.9 Å². The molecule has 2 atom stereocenters. The summed E-state index contributed by atoms with van der Waals surface area (Å²) in [5.74, 6) is 0. The third kappa shape index (κ3) is 2.66. The molecule has 0 N–H and O–H groups in total. The van der Waals surface area contributed by atoms with Gasteiger partial charge < -0.3 is 9.53 Å². The minimum absolute atomic E-state index is 0.126. The molecule has 80 valence electrons. The van der Waals surface area contributed by atoms with Crippen molar-refractivity contribution in [1.29, 1.82) is 0 Å². The predicted octanol–water partition coefficient (Wildman–Crippen LogP) is 2.89. The first-order valence-corrected chi connectivity index (χ1v) is 5.54. The van der Waals surface area contributed by atoms with E-state index in [0.717, 1.165) is 25.5 Å². The van der Waals surface area contributed by atoms with Crippen LogP contribution in [0.2, 0.25) is 0 Å². The van der Waals surface area contributed by atoms with E-state index < -0.39 is 0 Å². The monoisotopic (exact) mass is 204 g/mol. The minimum atomic E-state index is 0.126. The predicted molar refractivity (Wildman–Crippen MR) is 58.6 cm³/mol. The Morgan fingerprint density at radius 2 is 2.07 bits per heavy atom. The van der Waals surface area contributed by atoms with Crippen molar-refractivity contribution < 1.29 is 9.53 Å². The standard InChI is InChI=1S/C13H16O2/c14-10-9-12-7-4-8-13(15-12)11-5-2-1-3-6-11/h1-3,5-6,10,12-13H,4,7-9H2. The number of aldehydes is 1. The van der Waals surface area contributed by atoms with E-state index in [2.05, 4.69) is 12.1 Å². The van der Waals surface area contributed by atoms with Gasteiger partial charge in [-0.2, -0.15) is 0 Å². The molecular weight excluding hydrogens is 188 g/mol. The molecule has 2 rings (SSSR count). The number of hydrogen-bond donors (Lipinski definition) is 0. The van der Waals surface area contributed by atoms with Crippen molar-refractivity contribution in [2.24, 2.45) is 0 Å². The number of ether oxygens (including phenoxy) is 1. The van der Waals surface area contributed by atoms with Gasteiger partial charge in [-0.05, 0) is 24.8 Å². The first-order chi connectivity index (χ1) is 7.40. The summed E-state index contributed by atoms with van der Waals surface area (Å²) in [6, 6.07) is 10.3. The van der Waals surface area contributed by atoms with Gasteiger partial charge >= 0.3 is 0 Å². The zero-order valence-electron chi connectivity index (χ0n) is 8.76. The average Bonchev–Trinajstić information content (AvgIpc) is 2.31. The van der Waals surface area contributed by atoms with Crippen LogP contribution >= 0.6 is 0 Å². The van der Waals surface area contributed by atoms with E-state index in [1.165, 1.54) is 5.56 Å². The summed E-state index contributed by atoms with van der Waals surface area (Å²) < 4.78 is 5.88. The van der Waals surface area contributed by atoms with Crippen molar-refractivity contribution in [2.45, 2.75) is 37.9 Å². The van der Waals surface area contributed by atoms with Crippen molar-refractivity contribution in [1.82, 2.24) is 0 Å². The number of carbonyl (C=O) groups excluding carboxylic acids is 1. The van der Waals surface area contributed by atoms with Crippen LogP contribution in [0.1, 0.15) is 37.4 Å². The lowest BCUT2D eigenvalue weighted by atomic mass is 9.97. The Hall–Kier alpha value is -1.15. The number of benzene rings is 1. The molecule has 1 heterocycles. The first kappa shape index (κ1) is 10.4. The highest BCUT2D eigenvalue weighted by Crippen LogP contribution is 2.31. The maximum atomic E-state index is 10.4. The summed E-state index contributed by atoms with van der Waals surface area (Å²) in [7, 11) is 0. The van der Waals surface area contributed by atoms with Crippen LogP contribution in [0.25, 0.3) is 0 Å². The Morgan fingerprint density at radius 3 is 2.80 bits per heavy atom. The summed E-state index contributed by atoms with van der Waals surface area (Å²) in [5, 5.41) is 0. The van der Waals surface area contributed by atoms with E-state index in [1.54, 1.807) is 0 Å². The van der Waals surface area contributed by atoms with Crippen molar-refractivity contribution in [3.8, 4) is 0 Å². The third-order valence-electron chi connectivity index (χ3n) is 2.88. The van der Waals surface area contributed by atoms with Gasteiger partial charge in [0.25, 0.3) is 0 Å². The molecule has 2 nitrogen and oxygen atoms in total. The topological polar surface area (TPSA) is 26.3 Å². The molecule has 1 aromatic rings. The highest BCUT2D eigenvalue weighted by atomic mass is 16.5. The molecule has 0 radical (unpaired) electrons. The molecule has 0 aromatic heterocycles. The second-order valence-corrected chi connectivity index (χ2v) is 3.99. The van der Waals surface area contributed by atoms with Gasteiger partial charge in [0.15, 0.2) is 0 Å². The number of rotatable bonds is 3. The van der Waals surface area contributed by atoms with Gasteiger partial charge in [-0.25, -0.2) is 0 Å². The highest BCUT2D eigenvalue weighted by molar-refractivity contribution is 5.50. The lowest BCUT2D eigenvalue weighted by Crippen LogP contribution is -2.22. The zero-order valence-corrected chi connectivity index (χ0v) is 8.76. The molecule has 0 amide bonds. The van der Waals surface area contributed by atoms with Crippen LogP contribution < -0.4 is 0 Å². The van der Waals surface area contributed by atoms with Crippen LogP contribution in [0.15, 0.2) is 30.3 Å². The van der Waals surface area contributed by atoms with Crippen LogP contribution in [0.3, 0.4) is 0 Å². The quantitative estimate of drug-likeness (QED) is 0.708. The van der Waals surface area contributed by atoms with Gasteiger partial charge in [0.1, 0.15) is 6.29 Å². The van der Waals surface area contributed by atoms with Gasteiger partial charge in [0.05, 0.1) is 12.2 Å². The fourth-order valence-electron chi connectivity index (χ4n) is 2.09. The second-order valence-electron chi connectivity index (χ2n) is 3.99. The smallest absolute Gasteiger partial charge is 0.122 e. The Labute approximate surface area is 90.3 Å². The van der Waals surface area contributed by atoms with Crippen LogP contribution in [-0.2, 0) is 9.53 Å². The molecule has 15 heavy (non-hydrogen) atoms. The number of hydrogen-bond acceptors (Lipinski definition) is 2. The molecular formula is C13H16O2. The van der Waals surface area contributed by atoms with E-state index >= 15 is 0 Å². The maximum absolute atomic E-state index is 10.4. The summed E-state index contributed by atoms with van der Waals surface area (Å²) in [4.78, 5) is 10.4. The summed E-state index contributed by atoms with van der Waals surface area (Å²) >= 11 is 0. The fourth-order valence-corrected chi connectivity index (χ4v) is 2.09. The Morgan fingerprint density at radius 1 is 1.27 bits per heavy atom. The molecule has 0 spiro atoms. The molecule has 0 bridgehead atoms. The molecule has 2 unspecified atom stereocenters. The highest BCUT2D eigenvalue weighted by Gasteiger charge is 2.22. The van der Waals surface area contributed by atoms with E-state index in [4.69, 9.17) is 4.74 Å². The van der Waals surface area contributed by atoms with Crippen molar-refractivity contribution in [3.63, 3.8) is 0 Å². The van der Waals surface area contributed by atoms with Gasteiger partial charge in [-0.3, -0.25) is 0 Å². The molecule has 2 heteroatoms. The maximum Gasteiger partial charge on any atom is 0.122 e. The van der Waals surface area contributed by atoms with Crippen molar-refractivity contribution in [2.75, 3.05) is 0 Å². The van der Waals surface area contributed by atoms with Crippen LogP contribution in [0, 0.1) is 0 Å². The SMILES string of the molecule is O=CCC1CCCC(c2ccccc2)O1. The van der Waals surface area contributed by atoms with Crippen molar-refractivity contribution >= 4 is 6.29 Å². The van der Waals surface area contributed by atoms with Crippen LogP contribution in [0.5, 0.6) is 0 Å². The average molecular weight is 204 g/mol. The van der Waals surface area contributed by atoms with Crippen LogP contribution in [-0.4, -0.2) is 12.4 Å². The summed E-state index contributed by atoms with van der Waals surface area (Å²) in [6.45, 7) is 0. The zero-order chi connectivity index (χ0) is 10.5. The third-order valence-corrected chi connectivity index (χ3v) is 2.88. The molecule has 1 aliphatic rings. The molecule has 1 aliphatic heterocycles. The molecule has 1 fully saturated rings. The normalized spacial score (nSPS) is 26.1. The van der Waals surface area contributed by atoms with Gasteiger partial charge in [-0.15, -0.1) is 0 Å². The summed E-state index contributed by atoms with van der Waals surface area (Å²) in [6.07, 6.45) is 5.03. The van der Waals surface area contributed by atoms with E-state index in [-0.39, 0.29) is 12.2 Å². The minimum Gasteiger partial charge on any atom is -0.370 e. The first-order valence-electron chi connectivity index (χ1n) is 5.54. The second kappa shape index (κ2) is 5.08. The van der Waals surface area contributed by atoms with Crippen LogP contribution in [0.4, 0.5) is 0 Å². The Balaban J connectivity index is 2.01. The van der Waals surface area contributed by atoms with Gasteiger partial charge in [-0.1, -0.05) is 30.3 Å². The van der Waals surface area contributed by atoms with Gasteiger partial charge in [0, 0.05) is 6.42 Å². The largest absolute Gasteiger partial charge is 0.370 e. The number of carbonyl (C=O) groups is 1. The van der Waals surface area contributed by atoms with Gasteiger partial charge in [0.2, 0.25) is 0 Å². The van der Waals surface area contributed by atoms with E-state index in [1.807, 2.05) is 18.2 Å². The lowest BCUT2D eigenvalue weighted by Gasteiger charge is -2.29.